The summed E-state index contributed by atoms with van der Waals surface area (Å²) in [7, 11) is 0. The molecule has 0 unspecified atom stereocenters. The van der Waals surface area contributed by atoms with Crippen molar-refractivity contribution in [2.24, 2.45) is 0 Å². The molecule has 1 fully saturated rings. The minimum absolute atomic E-state index is 0.00553. The van der Waals surface area contributed by atoms with Gasteiger partial charge in [-0.3, -0.25) is 9.59 Å². The molecule has 1 saturated heterocycles. The fourth-order valence-electron chi connectivity index (χ4n) is 3.22. The second kappa shape index (κ2) is 10.9. The summed E-state index contributed by atoms with van der Waals surface area (Å²) in [5.74, 6) is -1.65. The molecule has 0 radical (unpaired) electrons. The van der Waals surface area contributed by atoms with Gasteiger partial charge in [-0.25, -0.2) is 9.59 Å². The van der Waals surface area contributed by atoms with E-state index in [0.29, 0.717) is 17.2 Å². The van der Waals surface area contributed by atoms with E-state index < -0.39 is 29.9 Å². The van der Waals surface area contributed by atoms with Crippen LogP contribution in [-0.2, 0) is 20.8 Å². The number of carboxylic acid groups (broad SMARTS) is 1. The Bertz CT molecular complexity index is 1060. The fourth-order valence-corrected chi connectivity index (χ4v) is 4.99. The van der Waals surface area contributed by atoms with Gasteiger partial charge in [-0.1, -0.05) is 41.4 Å². The van der Waals surface area contributed by atoms with E-state index >= 15 is 0 Å². The lowest BCUT2D eigenvalue weighted by Crippen LogP contribution is -2.52. The number of hydrogen-bond acceptors (Lipinski definition) is 6. The van der Waals surface area contributed by atoms with Crippen LogP contribution in [0.1, 0.15) is 22.8 Å². The molecule has 0 aliphatic carbocycles. The Morgan fingerprint density at radius 3 is 2.36 bits per heavy atom. The summed E-state index contributed by atoms with van der Waals surface area (Å²) in [5.41, 5.74) is 0.644. The number of carbonyl (C=O) groups is 4. The molecule has 33 heavy (non-hydrogen) atoms. The molecule has 2 aromatic rings. The predicted octanol–water partition coefficient (Wildman–Crippen LogP) is 3.25. The third kappa shape index (κ3) is 6.19. The normalized spacial score (nSPS) is 16.2. The Labute approximate surface area is 204 Å². The molecule has 8 nitrogen and oxygen atoms in total. The Kier molecular flexibility index (Phi) is 8.23. The summed E-state index contributed by atoms with van der Waals surface area (Å²) < 4.78 is 5.30. The molecule has 2 N–H and O–H groups in total. The van der Waals surface area contributed by atoms with E-state index in [4.69, 9.17) is 27.9 Å². The van der Waals surface area contributed by atoms with Crippen molar-refractivity contribution in [3.8, 4) is 5.75 Å². The van der Waals surface area contributed by atoms with Crippen LogP contribution in [-0.4, -0.2) is 57.5 Å². The van der Waals surface area contributed by atoms with E-state index in [-0.39, 0.29) is 33.7 Å². The van der Waals surface area contributed by atoms with Crippen LogP contribution in [0.15, 0.2) is 42.5 Å². The van der Waals surface area contributed by atoms with Crippen LogP contribution in [0.25, 0.3) is 0 Å². The van der Waals surface area contributed by atoms with Gasteiger partial charge in [0.25, 0.3) is 0 Å². The van der Waals surface area contributed by atoms with Crippen LogP contribution in [0.3, 0.4) is 0 Å². The monoisotopic (exact) mass is 510 g/mol. The summed E-state index contributed by atoms with van der Waals surface area (Å²) in [6.07, 6.45) is 0.00553. The summed E-state index contributed by atoms with van der Waals surface area (Å²) in [6.45, 7) is 1.37. The maximum absolute atomic E-state index is 12.6. The van der Waals surface area contributed by atoms with Gasteiger partial charge in [0.1, 0.15) is 17.8 Å². The van der Waals surface area contributed by atoms with Gasteiger partial charge in [0, 0.05) is 19.1 Å². The number of benzene rings is 2. The molecular formula is C22H20Cl2N2O6S. The second-order valence-corrected chi connectivity index (χ2v) is 9.05. The summed E-state index contributed by atoms with van der Waals surface area (Å²) in [6, 6.07) is 8.95. The lowest BCUT2D eigenvalue weighted by atomic mass is 10.1. The van der Waals surface area contributed by atoms with Crippen LogP contribution in [0, 0.1) is 0 Å². The zero-order chi connectivity index (χ0) is 24.1. The first kappa shape index (κ1) is 24.9. The molecule has 174 valence electrons. The van der Waals surface area contributed by atoms with Crippen LogP contribution in [0.5, 0.6) is 5.75 Å². The number of aliphatic carboxylic acids is 1. The molecule has 2 atom stereocenters. The first-order chi connectivity index (χ1) is 15.7. The molecule has 11 heteroatoms. The number of nitrogens with zero attached hydrogens (tertiary/aromatic N) is 1. The van der Waals surface area contributed by atoms with E-state index in [9.17, 15) is 24.3 Å². The van der Waals surface area contributed by atoms with Crippen molar-refractivity contribution in [1.29, 1.82) is 0 Å². The van der Waals surface area contributed by atoms with Gasteiger partial charge < -0.3 is 20.1 Å². The van der Waals surface area contributed by atoms with Gasteiger partial charge in [-0.2, -0.15) is 0 Å². The zero-order valence-electron chi connectivity index (χ0n) is 17.4. The number of carboxylic acids is 1. The summed E-state index contributed by atoms with van der Waals surface area (Å²) >= 11 is 13.5. The van der Waals surface area contributed by atoms with Crippen molar-refractivity contribution >= 4 is 58.7 Å². The fraction of sp³-hybridized carbons (Fsp3) is 0.273. The number of amides is 2. The first-order valence-electron chi connectivity index (χ1n) is 9.80. The average molecular weight is 511 g/mol. The maximum Gasteiger partial charge on any atom is 0.346 e. The SMILES string of the molecule is CC(=O)N1CSC[C@@H]1C(=O)N[C@@H](Cc1ccc(OC(=O)c2c(Cl)cccc2Cl)cc1)C(=O)O. The van der Waals surface area contributed by atoms with E-state index in [1.807, 2.05) is 0 Å². The highest BCUT2D eigenvalue weighted by Gasteiger charge is 2.35. The minimum atomic E-state index is -1.20. The quantitative estimate of drug-likeness (QED) is 0.434. The predicted molar refractivity (Wildman–Crippen MR) is 125 cm³/mol. The Balaban J connectivity index is 1.64. The third-order valence-electron chi connectivity index (χ3n) is 4.94. The van der Waals surface area contributed by atoms with Crippen LogP contribution < -0.4 is 10.1 Å². The van der Waals surface area contributed by atoms with Gasteiger partial charge in [0.2, 0.25) is 11.8 Å². The third-order valence-corrected chi connectivity index (χ3v) is 6.59. The smallest absolute Gasteiger partial charge is 0.346 e. The zero-order valence-corrected chi connectivity index (χ0v) is 19.7. The highest BCUT2D eigenvalue weighted by atomic mass is 35.5. The Morgan fingerprint density at radius 2 is 1.79 bits per heavy atom. The van der Waals surface area contributed by atoms with Gasteiger partial charge in [-0.15, -0.1) is 11.8 Å². The molecular weight excluding hydrogens is 491 g/mol. The molecule has 0 spiro atoms. The number of esters is 1. The number of halogens is 2. The lowest BCUT2D eigenvalue weighted by molar-refractivity contribution is -0.143. The molecule has 0 aromatic heterocycles. The van der Waals surface area contributed by atoms with E-state index in [1.54, 1.807) is 18.2 Å². The van der Waals surface area contributed by atoms with E-state index in [0.717, 1.165) is 0 Å². The molecule has 0 saturated carbocycles. The molecule has 1 aliphatic heterocycles. The van der Waals surface area contributed by atoms with Gasteiger partial charge in [0.05, 0.1) is 21.5 Å². The van der Waals surface area contributed by atoms with Gasteiger partial charge in [-0.05, 0) is 29.8 Å². The minimum Gasteiger partial charge on any atom is -0.480 e. The number of hydrogen-bond donors (Lipinski definition) is 2. The lowest BCUT2D eigenvalue weighted by Gasteiger charge is -2.23. The van der Waals surface area contributed by atoms with Crippen molar-refractivity contribution in [3.63, 3.8) is 0 Å². The molecule has 1 heterocycles. The van der Waals surface area contributed by atoms with Gasteiger partial charge in [0.15, 0.2) is 0 Å². The van der Waals surface area contributed by atoms with Crippen molar-refractivity contribution in [3.05, 3.63) is 63.6 Å². The number of rotatable bonds is 7. The molecule has 2 aromatic carbocycles. The van der Waals surface area contributed by atoms with Crippen molar-refractivity contribution < 1.29 is 29.0 Å². The van der Waals surface area contributed by atoms with E-state index in [2.05, 4.69) is 5.32 Å². The molecule has 3 rings (SSSR count). The molecule has 1 aliphatic rings. The Morgan fingerprint density at radius 1 is 1.15 bits per heavy atom. The van der Waals surface area contributed by atoms with E-state index in [1.165, 1.54) is 47.9 Å². The van der Waals surface area contributed by atoms with Gasteiger partial charge >= 0.3 is 11.9 Å². The summed E-state index contributed by atoms with van der Waals surface area (Å²) in [5, 5.41) is 12.4. The largest absolute Gasteiger partial charge is 0.480 e. The Hall–Kier alpha value is -2.75. The van der Waals surface area contributed by atoms with Crippen LogP contribution >= 0.6 is 35.0 Å². The van der Waals surface area contributed by atoms with Crippen LogP contribution in [0.4, 0.5) is 0 Å². The average Bonchev–Trinajstić information content (AvgIpc) is 3.25. The first-order valence-corrected chi connectivity index (χ1v) is 11.7. The number of carbonyl (C=O) groups excluding carboxylic acids is 3. The highest BCUT2D eigenvalue weighted by molar-refractivity contribution is 7.99. The summed E-state index contributed by atoms with van der Waals surface area (Å²) in [4.78, 5) is 49.7. The second-order valence-electron chi connectivity index (χ2n) is 7.24. The molecule has 0 bridgehead atoms. The topological polar surface area (TPSA) is 113 Å². The van der Waals surface area contributed by atoms with Crippen molar-refractivity contribution in [2.75, 3.05) is 11.6 Å². The number of ether oxygens (including phenoxy) is 1. The molecule has 2 amide bonds. The number of nitrogens with one attached hydrogen (secondary N) is 1. The standard InChI is InChI=1S/C22H20Cl2N2O6S/c1-12(27)26-11-33-10-18(26)20(28)25-17(21(29)30)9-13-5-7-14(8-6-13)32-22(31)19-15(23)3-2-4-16(19)24/h2-8,17-18H,9-11H2,1H3,(H,25,28)(H,29,30)/t17-,18+/m0/s1. The number of thioether (sulfide) groups is 1. The van der Waals surface area contributed by atoms with Crippen LogP contribution in [0.2, 0.25) is 10.0 Å². The van der Waals surface area contributed by atoms with Crippen molar-refractivity contribution in [2.45, 2.75) is 25.4 Å². The van der Waals surface area contributed by atoms with Crippen molar-refractivity contribution in [1.82, 2.24) is 10.2 Å². The highest BCUT2D eigenvalue weighted by Crippen LogP contribution is 2.26. The maximum atomic E-state index is 12.6.